The molecular formula is C13H19NO4S. The van der Waals surface area contributed by atoms with Crippen LogP contribution in [0.1, 0.15) is 5.56 Å². The number of hydrogen-bond acceptors (Lipinski definition) is 6. The average Bonchev–Trinajstić information content (AvgIpc) is 2.45. The van der Waals surface area contributed by atoms with E-state index in [0.717, 1.165) is 5.56 Å². The fourth-order valence-corrected chi connectivity index (χ4v) is 2.19. The summed E-state index contributed by atoms with van der Waals surface area (Å²) in [4.78, 5) is 11.6. The summed E-state index contributed by atoms with van der Waals surface area (Å²) in [6.07, 6.45) is -0.780. The molecule has 2 atom stereocenters. The molecule has 0 heterocycles. The van der Waals surface area contributed by atoms with Crippen molar-refractivity contribution in [3.8, 4) is 0 Å². The summed E-state index contributed by atoms with van der Waals surface area (Å²) in [5, 5.41) is 17.8. The summed E-state index contributed by atoms with van der Waals surface area (Å²) in [5.41, 5.74) is 6.58. The molecule has 0 fully saturated rings. The maximum Gasteiger partial charge on any atom is 0.324 e. The molecule has 0 spiro atoms. The third kappa shape index (κ3) is 6.58. The largest absolute Gasteiger partial charge is 0.460 e. The van der Waals surface area contributed by atoms with Crippen LogP contribution in [-0.2, 0) is 16.1 Å². The van der Waals surface area contributed by atoms with E-state index in [1.54, 1.807) is 0 Å². The van der Waals surface area contributed by atoms with Crippen LogP contribution in [0.15, 0.2) is 30.3 Å². The van der Waals surface area contributed by atoms with Crippen molar-refractivity contribution in [3.63, 3.8) is 0 Å². The zero-order valence-electron chi connectivity index (χ0n) is 10.6. The van der Waals surface area contributed by atoms with Gasteiger partial charge in [-0.05, 0) is 5.56 Å². The molecule has 4 N–H and O–H groups in total. The molecule has 0 aliphatic heterocycles. The van der Waals surface area contributed by atoms with Crippen molar-refractivity contribution in [2.75, 3.05) is 18.1 Å². The Labute approximate surface area is 116 Å². The Morgan fingerprint density at radius 1 is 1.32 bits per heavy atom. The number of rotatable bonds is 8. The lowest BCUT2D eigenvalue weighted by molar-refractivity contribution is -0.145. The first-order valence-electron chi connectivity index (χ1n) is 5.96. The highest BCUT2D eigenvalue weighted by molar-refractivity contribution is 7.99. The summed E-state index contributed by atoms with van der Waals surface area (Å²) in [5.74, 6) is 0.232. The van der Waals surface area contributed by atoms with Gasteiger partial charge in [0.15, 0.2) is 0 Å². The van der Waals surface area contributed by atoms with Gasteiger partial charge in [-0.2, -0.15) is 11.8 Å². The molecular weight excluding hydrogens is 266 g/mol. The molecule has 5 nitrogen and oxygen atoms in total. The van der Waals surface area contributed by atoms with Gasteiger partial charge in [-0.3, -0.25) is 4.79 Å². The number of benzene rings is 1. The first-order valence-corrected chi connectivity index (χ1v) is 7.11. The molecule has 106 valence electrons. The second kappa shape index (κ2) is 8.92. The van der Waals surface area contributed by atoms with E-state index in [0.29, 0.717) is 11.5 Å². The van der Waals surface area contributed by atoms with Crippen molar-refractivity contribution in [2.45, 2.75) is 18.8 Å². The van der Waals surface area contributed by atoms with Crippen LogP contribution in [0.5, 0.6) is 0 Å². The maximum absolute atomic E-state index is 11.6. The summed E-state index contributed by atoms with van der Waals surface area (Å²) in [6.45, 7) is -0.0853. The van der Waals surface area contributed by atoms with E-state index in [1.807, 2.05) is 30.3 Å². The van der Waals surface area contributed by atoms with Crippen LogP contribution in [-0.4, -0.2) is 46.4 Å². The molecule has 0 saturated heterocycles. The summed E-state index contributed by atoms with van der Waals surface area (Å²) in [6, 6.07) is 8.64. The Morgan fingerprint density at radius 2 is 2.00 bits per heavy atom. The number of ether oxygens (including phenoxy) is 1. The van der Waals surface area contributed by atoms with Gasteiger partial charge in [0.25, 0.3) is 0 Å². The first kappa shape index (κ1) is 16.0. The Balaban J connectivity index is 2.21. The number of nitrogens with two attached hydrogens (primary N) is 1. The van der Waals surface area contributed by atoms with E-state index in [2.05, 4.69) is 0 Å². The van der Waals surface area contributed by atoms with Crippen molar-refractivity contribution in [1.29, 1.82) is 0 Å². The minimum absolute atomic E-state index is 0.206. The second-order valence-electron chi connectivity index (χ2n) is 4.07. The van der Waals surface area contributed by atoms with Gasteiger partial charge in [0, 0.05) is 11.5 Å². The van der Waals surface area contributed by atoms with Crippen molar-refractivity contribution in [2.24, 2.45) is 5.73 Å². The normalized spacial score (nSPS) is 13.8. The lowest BCUT2D eigenvalue weighted by Gasteiger charge is -2.12. The van der Waals surface area contributed by atoms with Gasteiger partial charge in [-0.15, -0.1) is 0 Å². The van der Waals surface area contributed by atoms with Crippen LogP contribution in [0.2, 0.25) is 0 Å². The number of carbonyl (C=O) groups is 1. The Hall–Kier alpha value is -1.08. The van der Waals surface area contributed by atoms with E-state index in [-0.39, 0.29) is 13.2 Å². The van der Waals surface area contributed by atoms with Crippen LogP contribution in [0.3, 0.4) is 0 Å². The highest BCUT2D eigenvalue weighted by atomic mass is 32.2. The molecule has 0 saturated carbocycles. The summed E-state index contributed by atoms with van der Waals surface area (Å²) < 4.78 is 5.08. The third-order valence-corrected chi connectivity index (χ3v) is 3.56. The average molecular weight is 285 g/mol. The van der Waals surface area contributed by atoms with Gasteiger partial charge >= 0.3 is 5.97 Å². The molecule has 0 aliphatic carbocycles. The summed E-state index contributed by atoms with van der Waals surface area (Å²) in [7, 11) is 0. The molecule has 0 amide bonds. The molecule has 0 aromatic heterocycles. The van der Waals surface area contributed by atoms with Crippen LogP contribution >= 0.6 is 11.8 Å². The highest BCUT2D eigenvalue weighted by Gasteiger charge is 2.15. The third-order valence-electron chi connectivity index (χ3n) is 2.35. The molecule has 1 aromatic carbocycles. The van der Waals surface area contributed by atoms with Gasteiger partial charge in [-0.25, -0.2) is 0 Å². The number of hydrogen-bond donors (Lipinski definition) is 3. The molecule has 19 heavy (non-hydrogen) atoms. The maximum atomic E-state index is 11.6. The lowest BCUT2D eigenvalue weighted by atomic mass is 10.2. The molecule has 0 bridgehead atoms. The standard InChI is InChI=1S/C13H19NO4S/c14-12(9-19-8-11(16)6-15)13(17)18-7-10-4-2-1-3-5-10/h1-5,11-12,15-16H,6-9,14H2. The Kier molecular flexibility index (Phi) is 7.50. The monoisotopic (exact) mass is 285 g/mol. The lowest BCUT2D eigenvalue weighted by Crippen LogP contribution is -2.35. The van der Waals surface area contributed by atoms with Crippen molar-refractivity contribution in [1.82, 2.24) is 0 Å². The molecule has 6 heteroatoms. The number of thioether (sulfide) groups is 1. The first-order chi connectivity index (χ1) is 9.13. The minimum atomic E-state index is -0.780. The Morgan fingerprint density at radius 3 is 2.63 bits per heavy atom. The van der Waals surface area contributed by atoms with Crippen molar-refractivity contribution < 1.29 is 19.7 Å². The van der Waals surface area contributed by atoms with Crippen LogP contribution < -0.4 is 5.73 Å². The van der Waals surface area contributed by atoms with Crippen molar-refractivity contribution >= 4 is 17.7 Å². The molecule has 1 rings (SSSR count). The van der Waals surface area contributed by atoms with E-state index in [4.69, 9.17) is 20.7 Å². The molecule has 0 aliphatic rings. The zero-order valence-corrected chi connectivity index (χ0v) is 11.4. The van der Waals surface area contributed by atoms with Gasteiger partial charge in [0.05, 0.1) is 12.7 Å². The number of aliphatic hydroxyl groups is 2. The fraction of sp³-hybridized carbons (Fsp3) is 0.462. The SMILES string of the molecule is NC(CSCC(O)CO)C(=O)OCc1ccccc1. The predicted molar refractivity (Wildman–Crippen MR) is 74.6 cm³/mol. The number of esters is 1. The van der Waals surface area contributed by atoms with Gasteiger partial charge in [-0.1, -0.05) is 30.3 Å². The minimum Gasteiger partial charge on any atom is -0.460 e. The number of carbonyl (C=O) groups excluding carboxylic acids is 1. The van der Waals surface area contributed by atoms with E-state index in [9.17, 15) is 4.79 Å². The second-order valence-corrected chi connectivity index (χ2v) is 5.15. The van der Waals surface area contributed by atoms with Gasteiger partial charge < -0.3 is 20.7 Å². The number of aliphatic hydroxyl groups excluding tert-OH is 2. The zero-order chi connectivity index (χ0) is 14.1. The van der Waals surface area contributed by atoms with Crippen LogP contribution in [0.4, 0.5) is 0 Å². The smallest absolute Gasteiger partial charge is 0.324 e. The van der Waals surface area contributed by atoms with E-state index >= 15 is 0 Å². The molecule has 1 aromatic rings. The topological polar surface area (TPSA) is 92.8 Å². The quantitative estimate of drug-likeness (QED) is 0.589. The Bertz CT molecular complexity index is 374. The van der Waals surface area contributed by atoms with Crippen LogP contribution in [0, 0.1) is 0 Å². The van der Waals surface area contributed by atoms with Gasteiger partial charge in [0.1, 0.15) is 12.6 Å². The van der Waals surface area contributed by atoms with E-state index in [1.165, 1.54) is 11.8 Å². The summed E-state index contributed by atoms with van der Waals surface area (Å²) >= 11 is 1.31. The van der Waals surface area contributed by atoms with Gasteiger partial charge in [0.2, 0.25) is 0 Å². The molecule has 0 radical (unpaired) electrons. The van der Waals surface area contributed by atoms with Crippen LogP contribution in [0.25, 0.3) is 0 Å². The fourth-order valence-electron chi connectivity index (χ4n) is 1.29. The van der Waals surface area contributed by atoms with E-state index < -0.39 is 18.1 Å². The van der Waals surface area contributed by atoms with Crippen molar-refractivity contribution in [3.05, 3.63) is 35.9 Å². The molecule has 2 unspecified atom stereocenters. The predicted octanol–water partition coefficient (Wildman–Crippen LogP) is 0.143. The highest BCUT2D eigenvalue weighted by Crippen LogP contribution is 2.07.